The van der Waals surface area contributed by atoms with Gasteiger partial charge in [-0.1, -0.05) is 25.0 Å². The molecule has 0 saturated heterocycles. The first kappa shape index (κ1) is 10.1. The maximum absolute atomic E-state index is 11.7. The maximum Gasteiger partial charge on any atom is 0.162 e. The van der Waals surface area contributed by atoms with Crippen molar-refractivity contribution in [2.45, 2.75) is 25.7 Å². The first-order chi connectivity index (χ1) is 6.75. The zero-order valence-electron chi connectivity index (χ0n) is 8.00. The molecule has 0 spiro atoms. The van der Waals surface area contributed by atoms with Crippen LogP contribution in [0.1, 0.15) is 36.0 Å². The molecule has 0 aliphatic heterocycles. The van der Waals surface area contributed by atoms with Crippen LogP contribution < -0.4 is 0 Å². The van der Waals surface area contributed by atoms with Crippen molar-refractivity contribution >= 4 is 28.4 Å². The highest BCUT2D eigenvalue weighted by Crippen LogP contribution is 2.33. The molecule has 1 aromatic rings. The van der Waals surface area contributed by atoms with Crippen molar-refractivity contribution in [1.29, 1.82) is 0 Å². The number of benzene rings is 1. The summed E-state index contributed by atoms with van der Waals surface area (Å²) >= 11 is 2.24. The monoisotopic (exact) mass is 300 g/mol. The van der Waals surface area contributed by atoms with Crippen LogP contribution in [0.25, 0.3) is 0 Å². The lowest BCUT2D eigenvalue weighted by Crippen LogP contribution is -1.99. The first-order valence-electron chi connectivity index (χ1n) is 5.04. The highest BCUT2D eigenvalue weighted by atomic mass is 127. The molecular formula is C12H13IO. The maximum atomic E-state index is 11.7. The largest absolute Gasteiger partial charge is 0.294 e. The van der Waals surface area contributed by atoms with E-state index in [1.54, 1.807) is 0 Å². The molecule has 2 rings (SSSR count). The molecule has 0 radical (unpaired) electrons. The molecule has 74 valence electrons. The third-order valence-corrected chi connectivity index (χ3v) is 3.29. The highest BCUT2D eigenvalue weighted by Gasteiger charge is 2.22. The molecule has 1 saturated carbocycles. The van der Waals surface area contributed by atoms with Gasteiger partial charge in [-0.25, -0.2) is 0 Å². The minimum Gasteiger partial charge on any atom is -0.294 e. The molecule has 0 aromatic heterocycles. The fourth-order valence-corrected chi connectivity index (χ4v) is 2.09. The van der Waals surface area contributed by atoms with Crippen LogP contribution in [0.15, 0.2) is 24.3 Å². The van der Waals surface area contributed by atoms with E-state index in [2.05, 4.69) is 22.6 Å². The van der Waals surface area contributed by atoms with Crippen molar-refractivity contribution < 1.29 is 4.79 Å². The van der Waals surface area contributed by atoms with Gasteiger partial charge in [-0.15, -0.1) is 0 Å². The molecule has 1 nitrogen and oxygen atoms in total. The topological polar surface area (TPSA) is 17.1 Å². The van der Waals surface area contributed by atoms with Crippen LogP contribution in [-0.2, 0) is 0 Å². The fraction of sp³-hybridized carbons (Fsp3) is 0.417. The van der Waals surface area contributed by atoms with Gasteiger partial charge < -0.3 is 0 Å². The Balaban J connectivity index is 1.95. The standard InChI is InChI=1S/C12H13IO/c13-11-3-1-2-10(8-11)12(14)7-6-9-4-5-9/h1-3,8-9H,4-7H2. The number of Topliss-reactive ketones (excluding diaryl/α,β-unsaturated/α-hetero) is 1. The Morgan fingerprint density at radius 1 is 1.43 bits per heavy atom. The van der Waals surface area contributed by atoms with Crippen LogP contribution >= 0.6 is 22.6 Å². The Labute approximate surface area is 98.0 Å². The molecule has 0 amide bonds. The molecule has 0 N–H and O–H groups in total. The second kappa shape index (κ2) is 4.43. The summed E-state index contributed by atoms with van der Waals surface area (Å²) in [5.74, 6) is 1.15. The summed E-state index contributed by atoms with van der Waals surface area (Å²) in [7, 11) is 0. The van der Waals surface area contributed by atoms with Crippen LogP contribution in [0.2, 0.25) is 0 Å². The van der Waals surface area contributed by atoms with Crippen LogP contribution in [0.3, 0.4) is 0 Å². The summed E-state index contributed by atoms with van der Waals surface area (Å²) in [5.41, 5.74) is 0.873. The van der Waals surface area contributed by atoms with Gasteiger partial charge in [-0.2, -0.15) is 0 Å². The van der Waals surface area contributed by atoms with Crippen LogP contribution in [0, 0.1) is 9.49 Å². The van der Waals surface area contributed by atoms with E-state index in [9.17, 15) is 4.79 Å². The number of carbonyl (C=O) groups is 1. The number of carbonyl (C=O) groups excluding carboxylic acids is 1. The molecule has 1 aromatic carbocycles. The minimum absolute atomic E-state index is 0.301. The summed E-state index contributed by atoms with van der Waals surface area (Å²) in [6, 6.07) is 7.84. The van der Waals surface area contributed by atoms with E-state index in [0.29, 0.717) is 5.78 Å². The van der Waals surface area contributed by atoms with Gasteiger partial charge in [-0.05, 0) is 47.1 Å². The van der Waals surface area contributed by atoms with E-state index < -0.39 is 0 Å². The van der Waals surface area contributed by atoms with Gasteiger partial charge in [0.05, 0.1) is 0 Å². The second-order valence-corrected chi connectivity index (χ2v) is 5.16. The quantitative estimate of drug-likeness (QED) is 0.612. The summed E-state index contributed by atoms with van der Waals surface area (Å²) in [4.78, 5) is 11.7. The van der Waals surface area contributed by atoms with Crippen molar-refractivity contribution in [3.05, 3.63) is 33.4 Å². The summed E-state index contributed by atoms with van der Waals surface area (Å²) in [6.45, 7) is 0. The van der Waals surface area contributed by atoms with Gasteiger partial charge >= 0.3 is 0 Å². The molecule has 1 aliphatic rings. The Hall–Kier alpha value is -0.380. The van der Waals surface area contributed by atoms with Crippen LogP contribution in [-0.4, -0.2) is 5.78 Å². The fourth-order valence-electron chi connectivity index (χ4n) is 1.55. The molecule has 1 aliphatic carbocycles. The molecule has 0 bridgehead atoms. The van der Waals surface area contributed by atoms with Crippen molar-refractivity contribution in [1.82, 2.24) is 0 Å². The second-order valence-electron chi connectivity index (χ2n) is 3.92. The Kier molecular flexibility index (Phi) is 3.21. The number of hydrogen-bond acceptors (Lipinski definition) is 1. The van der Waals surface area contributed by atoms with Gasteiger partial charge in [0.2, 0.25) is 0 Å². The molecule has 0 heterocycles. The van der Waals surface area contributed by atoms with E-state index in [4.69, 9.17) is 0 Å². The Morgan fingerprint density at radius 3 is 2.86 bits per heavy atom. The van der Waals surface area contributed by atoms with Crippen molar-refractivity contribution in [3.8, 4) is 0 Å². The van der Waals surface area contributed by atoms with Crippen molar-refractivity contribution in [2.75, 3.05) is 0 Å². The lowest BCUT2D eigenvalue weighted by atomic mass is 10.1. The molecule has 14 heavy (non-hydrogen) atoms. The molecular weight excluding hydrogens is 287 g/mol. The lowest BCUT2D eigenvalue weighted by molar-refractivity contribution is 0.0978. The third-order valence-electron chi connectivity index (χ3n) is 2.62. The Bertz CT molecular complexity index is 342. The van der Waals surface area contributed by atoms with Gasteiger partial charge in [-0.3, -0.25) is 4.79 Å². The van der Waals surface area contributed by atoms with Gasteiger partial charge in [0.1, 0.15) is 0 Å². The molecule has 0 atom stereocenters. The summed E-state index contributed by atoms with van der Waals surface area (Å²) in [5, 5.41) is 0. The zero-order valence-corrected chi connectivity index (χ0v) is 10.2. The highest BCUT2D eigenvalue weighted by molar-refractivity contribution is 14.1. The van der Waals surface area contributed by atoms with E-state index >= 15 is 0 Å². The Morgan fingerprint density at radius 2 is 2.21 bits per heavy atom. The van der Waals surface area contributed by atoms with Gasteiger partial charge in [0.25, 0.3) is 0 Å². The first-order valence-corrected chi connectivity index (χ1v) is 6.12. The van der Waals surface area contributed by atoms with Gasteiger partial charge in [0, 0.05) is 15.6 Å². The number of rotatable bonds is 4. The molecule has 2 heteroatoms. The summed E-state index contributed by atoms with van der Waals surface area (Å²) in [6.07, 6.45) is 4.48. The average molecular weight is 300 g/mol. The van der Waals surface area contributed by atoms with E-state index in [0.717, 1.165) is 27.9 Å². The minimum atomic E-state index is 0.301. The van der Waals surface area contributed by atoms with Crippen LogP contribution in [0.5, 0.6) is 0 Å². The zero-order chi connectivity index (χ0) is 9.97. The lowest BCUT2D eigenvalue weighted by Gasteiger charge is -2.00. The normalized spacial score (nSPS) is 15.5. The van der Waals surface area contributed by atoms with E-state index in [-0.39, 0.29) is 0 Å². The third kappa shape index (κ3) is 2.80. The van der Waals surface area contributed by atoms with E-state index in [1.165, 1.54) is 12.8 Å². The molecule has 1 fully saturated rings. The van der Waals surface area contributed by atoms with Crippen LogP contribution in [0.4, 0.5) is 0 Å². The average Bonchev–Trinajstić information content (AvgIpc) is 2.97. The predicted molar refractivity (Wildman–Crippen MR) is 65.4 cm³/mol. The predicted octanol–water partition coefficient (Wildman–Crippen LogP) is 3.66. The number of halogens is 1. The number of hydrogen-bond donors (Lipinski definition) is 0. The van der Waals surface area contributed by atoms with Crippen molar-refractivity contribution in [3.63, 3.8) is 0 Å². The van der Waals surface area contributed by atoms with Gasteiger partial charge in [0.15, 0.2) is 5.78 Å². The SMILES string of the molecule is O=C(CCC1CC1)c1cccc(I)c1. The summed E-state index contributed by atoms with van der Waals surface area (Å²) < 4.78 is 1.14. The number of ketones is 1. The van der Waals surface area contributed by atoms with Crippen molar-refractivity contribution in [2.24, 2.45) is 5.92 Å². The molecule has 0 unspecified atom stereocenters. The van der Waals surface area contributed by atoms with E-state index in [1.807, 2.05) is 24.3 Å². The smallest absolute Gasteiger partial charge is 0.162 e.